The zero-order chi connectivity index (χ0) is 20.1. The van der Waals surface area contributed by atoms with Crippen LogP contribution < -0.4 is 9.46 Å². The maximum atomic E-state index is 12.4. The molecule has 0 atom stereocenters. The molecule has 148 valence electrons. The number of hydrogen-bond acceptors (Lipinski definition) is 5. The lowest BCUT2D eigenvalue weighted by atomic mass is 10.3. The van der Waals surface area contributed by atoms with E-state index in [0.717, 1.165) is 4.90 Å². The van der Waals surface area contributed by atoms with Crippen LogP contribution in [0.15, 0.2) is 59.6 Å². The van der Waals surface area contributed by atoms with Gasteiger partial charge in [-0.05, 0) is 55.0 Å². The number of nitrogens with one attached hydrogen (secondary N) is 1. The minimum Gasteiger partial charge on any atom is -0.467 e. The van der Waals surface area contributed by atoms with Crippen LogP contribution in [-0.4, -0.2) is 45.4 Å². The lowest BCUT2D eigenvalue weighted by Gasteiger charge is -2.23. The van der Waals surface area contributed by atoms with Gasteiger partial charge < -0.3 is 4.74 Å². The van der Waals surface area contributed by atoms with Crippen molar-refractivity contribution in [2.75, 3.05) is 24.7 Å². The number of hydrogen-bond donors (Lipinski definition) is 1. The third-order valence-electron chi connectivity index (χ3n) is 3.44. The molecule has 0 bridgehead atoms. The predicted molar refractivity (Wildman–Crippen MR) is 117 cm³/mol. The van der Waals surface area contributed by atoms with Gasteiger partial charge in [-0.25, -0.2) is 19.7 Å². The second kappa shape index (κ2) is 8.89. The van der Waals surface area contributed by atoms with E-state index >= 15 is 0 Å². The molecular weight excluding hydrogens is 416 g/mol. The van der Waals surface area contributed by atoms with E-state index in [9.17, 15) is 4.79 Å². The molecule has 0 radical (unpaired) electrons. The fraction of sp³-hybridized carbons (Fsp3) is 0.211. The van der Waals surface area contributed by atoms with E-state index in [1.165, 1.54) is 11.9 Å². The quantitative estimate of drug-likeness (QED) is 0.439. The first kappa shape index (κ1) is 20.6. The van der Waals surface area contributed by atoms with E-state index in [0.29, 0.717) is 23.2 Å². The molecule has 0 aliphatic heterocycles. The monoisotopic (exact) mass is 436 g/mol. The van der Waals surface area contributed by atoms with Crippen LogP contribution in [-0.2, 0) is 0 Å². The lowest BCUT2D eigenvalue weighted by molar-refractivity contribution is 0.0984. The number of nitrogens with zero attached hydrogens (tertiary/aromatic N) is 3. The van der Waals surface area contributed by atoms with Gasteiger partial charge in [0.2, 0.25) is 5.88 Å². The number of benzene rings is 1. The molecule has 3 aromatic rings. The second-order valence-corrected chi connectivity index (χ2v) is 12.5. The molecule has 1 N–H and O–H groups in total. The zero-order valence-electron chi connectivity index (χ0n) is 15.8. The molecule has 0 saturated heterocycles. The van der Waals surface area contributed by atoms with Gasteiger partial charge in [-0.15, -0.1) is 5.10 Å². The Morgan fingerprint density at radius 1 is 1.18 bits per heavy atom. The van der Waals surface area contributed by atoms with E-state index in [1.807, 2.05) is 30.3 Å². The maximum absolute atomic E-state index is 12.4. The normalized spacial score (nSPS) is 11.9. The average Bonchev–Trinajstić information content (AvgIpc) is 3.14. The molecule has 0 unspecified atom stereocenters. The first-order valence-electron chi connectivity index (χ1n) is 8.35. The van der Waals surface area contributed by atoms with Gasteiger partial charge in [0.15, 0.2) is 5.82 Å². The van der Waals surface area contributed by atoms with E-state index in [-0.39, 0.29) is 11.1 Å². The molecule has 28 heavy (non-hydrogen) atoms. The molecule has 1 aromatic carbocycles. The fourth-order valence-electron chi connectivity index (χ4n) is 2.12. The van der Waals surface area contributed by atoms with Gasteiger partial charge in [0, 0.05) is 17.2 Å². The Morgan fingerprint density at radius 3 is 2.61 bits per heavy atom. The van der Waals surface area contributed by atoms with Crippen molar-refractivity contribution in [2.45, 2.75) is 4.90 Å². The number of halogens is 1. The van der Waals surface area contributed by atoms with Gasteiger partial charge >= 0.3 is 0 Å². The average molecular weight is 437 g/mol. The largest absolute Gasteiger partial charge is 0.467 e. The van der Waals surface area contributed by atoms with Crippen molar-refractivity contribution in [3.8, 4) is 11.7 Å². The second-order valence-electron chi connectivity index (χ2n) is 6.81. The van der Waals surface area contributed by atoms with Crippen molar-refractivity contribution in [1.29, 1.82) is 0 Å². The van der Waals surface area contributed by atoms with Crippen LogP contribution in [0.25, 0.3) is 5.82 Å². The highest BCUT2D eigenvalue weighted by Crippen LogP contribution is 2.34. The van der Waals surface area contributed by atoms with E-state index in [4.69, 9.17) is 16.3 Å². The SMILES string of the molecule is CS(C)(C)COc1ccn(-c2ccc(C(=O)NSc3ccccc3)c(Cl)n2)n1. The van der Waals surface area contributed by atoms with Gasteiger partial charge in [-0.2, -0.15) is 0 Å². The molecule has 9 heteroatoms. The van der Waals surface area contributed by atoms with Crippen molar-refractivity contribution in [1.82, 2.24) is 19.5 Å². The van der Waals surface area contributed by atoms with Crippen LogP contribution in [0.2, 0.25) is 5.15 Å². The summed E-state index contributed by atoms with van der Waals surface area (Å²) in [5.74, 6) is 1.36. The first-order chi connectivity index (χ1) is 13.3. The molecule has 3 rings (SSSR count). The minimum atomic E-state index is -0.780. The molecule has 0 saturated carbocycles. The summed E-state index contributed by atoms with van der Waals surface area (Å²) in [6.07, 6.45) is 8.26. The molecule has 2 aromatic heterocycles. The third-order valence-corrected chi connectivity index (χ3v) is 5.35. The smallest absolute Gasteiger partial charge is 0.264 e. The third kappa shape index (κ3) is 5.67. The van der Waals surface area contributed by atoms with E-state index in [2.05, 4.69) is 33.6 Å². The molecule has 0 aliphatic carbocycles. The molecule has 0 fully saturated rings. The van der Waals surface area contributed by atoms with Crippen LogP contribution in [0.4, 0.5) is 0 Å². The molecule has 6 nitrogen and oxygen atoms in total. The molecule has 0 spiro atoms. The summed E-state index contributed by atoms with van der Waals surface area (Å²) in [6, 6.07) is 14.6. The van der Waals surface area contributed by atoms with Crippen LogP contribution in [0, 0.1) is 0 Å². The van der Waals surface area contributed by atoms with E-state index < -0.39 is 10.0 Å². The van der Waals surface area contributed by atoms with Gasteiger partial charge in [0.1, 0.15) is 11.1 Å². The minimum absolute atomic E-state index is 0.112. The van der Waals surface area contributed by atoms with Crippen LogP contribution in [0.5, 0.6) is 5.88 Å². The standard InChI is InChI=1S/C19H21ClN4O2S2/c1-28(2,3)13-26-17-11-12-24(22-17)16-10-9-15(18(20)21-16)19(25)23-27-14-7-5-4-6-8-14/h4-12H,13H2,1-3H3,(H,23,25). The number of ether oxygens (including phenoxy) is 1. The number of pyridine rings is 1. The van der Waals surface area contributed by atoms with Crippen molar-refractivity contribution in [3.05, 3.63) is 65.4 Å². The van der Waals surface area contributed by atoms with Gasteiger partial charge in [0.25, 0.3) is 5.91 Å². The van der Waals surface area contributed by atoms with Crippen LogP contribution in [0.3, 0.4) is 0 Å². The molecule has 0 aliphatic rings. The Labute approximate surface area is 175 Å². The number of carbonyl (C=O) groups is 1. The van der Waals surface area contributed by atoms with Crippen molar-refractivity contribution in [2.24, 2.45) is 0 Å². The van der Waals surface area contributed by atoms with Gasteiger partial charge in [-0.1, -0.05) is 29.8 Å². The van der Waals surface area contributed by atoms with Gasteiger partial charge in [0.05, 0.1) is 5.56 Å². The summed E-state index contributed by atoms with van der Waals surface area (Å²) in [6.45, 7) is 0. The fourth-order valence-corrected chi connectivity index (χ4v) is 3.44. The Morgan fingerprint density at radius 2 is 1.93 bits per heavy atom. The topological polar surface area (TPSA) is 69.0 Å². The van der Waals surface area contributed by atoms with Crippen molar-refractivity contribution >= 4 is 39.5 Å². The number of amides is 1. The Kier molecular flexibility index (Phi) is 6.53. The number of carbonyl (C=O) groups excluding carboxylic acids is 1. The number of rotatable bonds is 7. The summed E-state index contributed by atoms with van der Waals surface area (Å²) >= 11 is 7.46. The summed E-state index contributed by atoms with van der Waals surface area (Å²) in [5.41, 5.74) is 0.300. The summed E-state index contributed by atoms with van der Waals surface area (Å²) in [5, 5.41) is 4.47. The highest BCUT2D eigenvalue weighted by atomic mass is 35.5. The summed E-state index contributed by atoms with van der Waals surface area (Å²) < 4.78 is 10.0. The molecular formula is C19H21ClN4O2S2. The van der Waals surface area contributed by atoms with Crippen LogP contribution in [0.1, 0.15) is 10.4 Å². The van der Waals surface area contributed by atoms with Crippen molar-refractivity contribution in [3.63, 3.8) is 0 Å². The Hall–Kier alpha value is -2.16. The highest BCUT2D eigenvalue weighted by Gasteiger charge is 2.14. The van der Waals surface area contributed by atoms with Crippen molar-refractivity contribution < 1.29 is 9.53 Å². The summed E-state index contributed by atoms with van der Waals surface area (Å²) in [4.78, 5) is 17.6. The zero-order valence-corrected chi connectivity index (χ0v) is 18.1. The number of aromatic nitrogens is 3. The maximum Gasteiger partial charge on any atom is 0.264 e. The summed E-state index contributed by atoms with van der Waals surface area (Å²) in [7, 11) is -0.780. The van der Waals surface area contributed by atoms with E-state index in [1.54, 1.807) is 29.1 Å². The van der Waals surface area contributed by atoms with Gasteiger partial charge in [-0.3, -0.25) is 9.52 Å². The Bertz CT molecular complexity index is 958. The lowest BCUT2D eigenvalue weighted by Crippen LogP contribution is -2.17. The highest BCUT2D eigenvalue weighted by molar-refractivity contribution is 8.32. The predicted octanol–water partition coefficient (Wildman–Crippen LogP) is 4.39. The first-order valence-corrected chi connectivity index (χ1v) is 12.6. The molecule has 2 heterocycles. The Balaban J connectivity index is 1.67. The van der Waals surface area contributed by atoms with Crippen LogP contribution >= 0.6 is 33.6 Å². The molecule has 1 amide bonds.